The van der Waals surface area contributed by atoms with Gasteiger partial charge in [0.15, 0.2) is 5.60 Å². The third kappa shape index (κ3) is 3.63. The molecule has 0 saturated heterocycles. The maximum atomic E-state index is 13.5. The number of hydrogen-bond acceptors (Lipinski definition) is 3. The zero-order valence-electron chi connectivity index (χ0n) is 17.6. The fourth-order valence-corrected chi connectivity index (χ4v) is 4.33. The van der Waals surface area contributed by atoms with Crippen molar-refractivity contribution in [2.75, 3.05) is 0 Å². The second kappa shape index (κ2) is 7.99. The lowest BCUT2D eigenvalue weighted by molar-refractivity contribution is 0.117. The van der Waals surface area contributed by atoms with E-state index in [2.05, 4.69) is 9.97 Å². The molecule has 0 aliphatic carbocycles. The number of nitrogens with zero attached hydrogens (tertiary/aromatic N) is 2. The number of rotatable bonds is 4. The van der Waals surface area contributed by atoms with Crippen LogP contribution in [0.1, 0.15) is 16.8 Å². The summed E-state index contributed by atoms with van der Waals surface area (Å²) in [4.78, 5) is 19.3. The summed E-state index contributed by atoms with van der Waals surface area (Å²) >= 11 is 6.10. The largest absolute Gasteiger partial charge is 0.374 e. The molecule has 164 valence electrons. The quantitative estimate of drug-likeness (QED) is 0.397. The molecule has 0 aliphatic heterocycles. The van der Waals surface area contributed by atoms with Crippen LogP contribution in [0, 0.1) is 5.82 Å². The van der Waals surface area contributed by atoms with Crippen molar-refractivity contribution >= 4 is 22.5 Å². The number of aromatic amines is 1. The molecule has 0 radical (unpaired) electrons. The van der Waals surface area contributed by atoms with Crippen molar-refractivity contribution in [1.82, 2.24) is 14.5 Å². The Labute approximate surface area is 193 Å². The Kier molecular flexibility index (Phi) is 5.12. The van der Waals surface area contributed by atoms with Crippen LogP contribution in [0.5, 0.6) is 0 Å². The second-order valence-electron chi connectivity index (χ2n) is 7.92. The molecule has 1 unspecified atom stereocenters. The summed E-state index contributed by atoms with van der Waals surface area (Å²) in [7, 11) is 1.81. The van der Waals surface area contributed by atoms with Gasteiger partial charge in [0.1, 0.15) is 5.82 Å². The number of pyridine rings is 1. The van der Waals surface area contributed by atoms with Gasteiger partial charge in [-0.2, -0.15) is 0 Å². The fourth-order valence-electron chi connectivity index (χ4n) is 4.21. The van der Waals surface area contributed by atoms with Gasteiger partial charge in [-0.05, 0) is 58.7 Å². The highest BCUT2D eigenvalue weighted by Gasteiger charge is 2.36. The van der Waals surface area contributed by atoms with Crippen molar-refractivity contribution < 1.29 is 9.50 Å². The van der Waals surface area contributed by atoms with Gasteiger partial charge in [0, 0.05) is 29.0 Å². The van der Waals surface area contributed by atoms with E-state index in [1.54, 1.807) is 65.6 Å². The number of imidazole rings is 1. The van der Waals surface area contributed by atoms with Crippen LogP contribution in [0.25, 0.3) is 22.0 Å². The molecular formula is C26H19ClFN3O2. The SMILES string of the molecule is Cn1cncc1C(O)(c1ccc(Cl)cc1)c1ccc2[nH]c(=O)cc(-c3ccc(F)cc3)c2c1. The lowest BCUT2D eigenvalue weighted by atomic mass is 9.82. The number of H-pyrrole nitrogens is 1. The molecule has 0 aliphatic rings. The van der Waals surface area contributed by atoms with E-state index in [1.807, 2.05) is 13.1 Å². The number of halogens is 2. The summed E-state index contributed by atoms with van der Waals surface area (Å²) in [6.45, 7) is 0. The summed E-state index contributed by atoms with van der Waals surface area (Å²) in [5, 5.41) is 13.4. The summed E-state index contributed by atoms with van der Waals surface area (Å²) in [5.41, 5.74) is 1.89. The predicted octanol–water partition coefficient (Wildman–Crippen LogP) is 5.01. The van der Waals surface area contributed by atoms with Crippen LogP contribution in [-0.2, 0) is 12.6 Å². The minimum absolute atomic E-state index is 0.269. The summed E-state index contributed by atoms with van der Waals surface area (Å²) in [5.74, 6) is -0.359. The molecule has 33 heavy (non-hydrogen) atoms. The summed E-state index contributed by atoms with van der Waals surface area (Å²) in [6.07, 6.45) is 3.24. The number of nitrogens with one attached hydrogen (secondary N) is 1. The number of aliphatic hydroxyl groups is 1. The van der Waals surface area contributed by atoms with E-state index < -0.39 is 5.60 Å². The molecule has 5 rings (SSSR count). The third-order valence-corrected chi connectivity index (χ3v) is 6.12. The van der Waals surface area contributed by atoms with Gasteiger partial charge in [-0.15, -0.1) is 0 Å². The fraction of sp³-hybridized carbons (Fsp3) is 0.0769. The van der Waals surface area contributed by atoms with E-state index >= 15 is 0 Å². The molecule has 0 saturated carbocycles. The molecule has 2 N–H and O–H groups in total. The number of aryl methyl sites for hydroxylation is 1. The Morgan fingerprint density at radius 1 is 1.00 bits per heavy atom. The minimum Gasteiger partial charge on any atom is -0.374 e. The first kappa shape index (κ1) is 21.1. The monoisotopic (exact) mass is 459 g/mol. The van der Waals surface area contributed by atoms with E-state index in [9.17, 15) is 14.3 Å². The van der Waals surface area contributed by atoms with Crippen molar-refractivity contribution in [1.29, 1.82) is 0 Å². The van der Waals surface area contributed by atoms with Crippen LogP contribution in [0.2, 0.25) is 5.02 Å². The molecule has 0 fully saturated rings. The molecule has 2 aromatic heterocycles. The maximum absolute atomic E-state index is 13.5. The van der Waals surface area contributed by atoms with Crippen molar-refractivity contribution in [3.05, 3.63) is 123 Å². The lowest BCUT2D eigenvalue weighted by Crippen LogP contribution is -2.31. The van der Waals surface area contributed by atoms with Crippen LogP contribution in [0.4, 0.5) is 4.39 Å². The highest BCUT2D eigenvalue weighted by Crippen LogP contribution is 2.39. The van der Waals surface area contributed by atoms with Gasteiger partial charge in [-0.3, -0.25) is 4.79 Å². The Bertz CT molecular complexity index is 1520. The Balaban J connectivity index is 1.80. The molecule has 0 spiro atoms. The van der Waals surface area contributed by atoms with E-state index in [1.165, 1.54) is 18.2 Å². The lowest BCUT2D eigenvalue weighted by Gasteiger charge is -2.30. The Hall–Kier alpha value is -3.74. The smallest absolute Gasteiger partial charge is 0.249 e. The van der Waals surface area contributed by atoms with E-state index in [-0.39, 0.29) is 11.4 Å². The van der Waals surface area contributed by atoms with Crippen LogP contribution >= 0.6 is 11.6 Å². The predicted molar refractivity (Wildman–Crippen MR) is 127 cm³/mol. The molecule has 7 heteroatoms. The molecular weight excluding hydrogens is 441 g/mol. The standard InChI is InChI=1S/C26H19ClFN3O2/c1-31-15-29-14-24(31)26(33,17-4-7-19(27)8-5-17)18-6-11-23-22(12-18)21(13-25(32)30-23)16-2-9-20(28)10-3-16/h2-15,33H,1H3,(H,30,32). The third-order valence-electron chi connectivity index (χ3n) is 5.87. The Morgan fingerprint density at radius 2 is 1.70 bits per heavy atom. The zero-order chi connectivity index (χ0) is 23.2. The van der Waals surface area contributed by atoms with Crippen molar-refractivity contribution in [2.45, 2.75) is 5.60 Å². The normalized spacial score (nSPS) is 13.2. The van der Waals surface area contributed by atoms with Crippen LogP contribution in [0.15, 0.2) is 90.1 Å². The topological polar surface area (TPSA) is 70.9 Å². The maximum Gasteiger partial charge on any atom is 0.249 e. The first-order valence-electron chi connectivity index (χ1n) is 10.2. The van der Waals surface area contributed by atoms with Crippen LogP contribution in [0.3, 0.4) is 0 Å². The molecule has 5 nitrogen and oxygen atoms in total. The van der Waals surface area contributed by atoms with E-state index in [0.717, 1.165) is 0 Å². The van der Waals surface area contributed by atoms with Crippen molar-refractivity contribution in [3.63, 3.8) is 0 Å². The van der Waals surface area contributed by atoms with E-state index in [4.69, 9.17) is 11.6 Å². The van der Waals surface area contributed by atoms with Crippen LogP contribution < -0.4 is 5.56 Å². The van der Waals surface area contributed by atoms with Gasteiger partial charge in [-0.1, -0.05) is 41.9 Å². The average Bonchev–Trinajstić information content (AvgIpc) is 3.25. The molecule has 0 amide bonds. The first-order chi connectivity index (χ1) is 15.9. The van der Waals surface area contributed by atoms with Gasteiger partial charge in [0.25, 0.3) is 0 Å². The molecule has 0 bridgehead atoms. The van der Waals surface area contributed by atoms with Gasteiger partial charge < -0.3 is 14.7 Å². The summed E-state index contributed by atoms with van der Waals surface area (Å²) in [6, 6.07) is 19.8. The van der Waals surface area contributed by atoms with Gasteiger partial charge in [0.2, 0.25) is 5.56 Å². The van der Waals surface area contributed by atoms with Crippen LogP contribution in [-0.4, -0.2) is 19.6 Å². The Morgan fingerprint density at radius 3 is 2.36 bits per heavy atom. The number of hydrogen-bond donors (Lipinski definition) is 2. The minimum atomic E-state index is -1.54. The van der Waals surface area contributed by atoms with E-state index in [0.29, 0.717) is 43.9 Å². The molecule has 2 heterocycles. The highest BCUT2D eigenvalue weighted by molar-refractivity contribution is 6.30. The van der Waals surface area contributed by atoms with Crippen molar-refractivity contribution in [2.24, 2.45) is 7.05 Å². The average molecular weight is 460 g/mol. The van der Waals surface area contributed by atoms with Crippen molar-refractivity contribution in [3.8, 4) is 11.1 Å². The highest BCUT2D eigenvalue weighted by atomic mass is 35.5. The summed E-state index contributed by atoms with van der Waals surface area (Å²) < 4.78 is 15.3. The van der Waals surface area contributed by atoms with Gasteiger partial charge >= 0.3 is 0 Å². The first-order valence-corrected chi connectivity index (χ1v) is 10.6. The second-order valence-corrected chi connectivity index (χ2v) is 8.36. The zero-order valence-corrected chi connectivity index (χ0v) is 18.3. The molecule has 5 aromatic rings. The van der Waals surface area contributed by atoms with Gasteiger partial charge in [-0.25, -0.2) is 9.37 Å². The number of aromatic nitrogens is 3. The molecule has 1 atom stereocenters. The van der Waals surface area contributed by atoms with Gasteiger partial charge in [0.05, 0.1) is 18.2 Å². The number of fused-ring (bicyclic) bond motifs is 1. The molecule has 3 aromatic carbocycles. The number of benzene rings is 3.